The van der Waals surface area contributed by atoms with E-state index in [9.17, 15) is 4.79 Å². The second kappa shape index (κ2) is 6.03. The molecule has 0 aromatic rings. The molecule has 3 nitrogen and oxygen atoms in total. The van der Waals surface area contributed by atoms with Crippen molar-refractivity contribution in [3.63, 3.8) is 0 Å². The number of ketones is 1. The van der Waals surface area contributed by atoms with Gasteiger partial charge in [-0.15, -0.1) is 0 Å². The number of likely N-dealkylation sites (tertiary alicyclic amines) is 1. The van der Waals surface area contributed by atoms with E-state index in [1.54, 1.807) is 0 Å². The van der Waals surface area contributed by atoms with E-state index in [0.717, 1.165) is 23.9 Å². The average molecular weight is 402 g/mol. The Bertz CT molecular complexity index is 478. The molecule has 0 spiro atoms. The summed E-state index contributed by atoms with van der Waals surface area (Å²) in [6.07, 6.45) is 9.86. The maximum absolute atomic E-state index is 13.0. The van der Waals surface area contributed by atoms with E-state index in [2.05, 4.69) is 51.3 Å². The summed E-state index contributed by atoms with van der Waals surface area (Å²) in [5.41, 5.74) is 1.39. The number of hydrogen-bond donors (Lipinski definition) is 0. The molecule has 1 saturated heterocycles. The molecule has 1 heterocycles. The van der Waals surface area contributed by atoms with Crippen LogP contribution in [0.5, 0.6) is 0 Å². The van der Waals surface area contributed by atoms with Crippen molar-refractivity contribution < 1.29 is 33.3 Å². The van der Waals surface area contributed by atoms with Gasteiger partial charge < -0.3 is 33.4 Å². The first-order valence-corrected chi connectivity index (χ1v) is 7.82. The average Bonchev–Trinajstić information content (AvgIpc) is 2.66. The first-order chi connectivity index (χ1) is 9.38. The van der Waals surface area contributed by atoms with Gasteiger partial charge in [-0.1, -0.05) is 12.2 Å². The zero-order chi connectivity index (χ0) is 14.5. The van der Waals surface area contributed by atoms with Gasteiger partial charge in [0.15, 0.2) is 0 Å². The predicted octanol–water partition coefficient (Wildman–Crippen LogP) is -0.934. The monoisotopic (exact) mass is 402 g/mol. The molecule has 0 N–H and O–H groups in total. The van der Waals surface area contributed by atoms with Crippen LogP contribution >= 0.6 is 0 Å². The van der Waals surface area contributed by atoms with Gasteiger partial charge in [0.05, 0.1) is 33.6 Å². The van der Waals surface area contributed by atoms with Crippen LogP contribution < -0.4 is 24.0 Å². The quantitative estimate of drug-likeness (QED) is 0.440. The van der Waals surface area contributed by atoms with Crippen molar-refractivity contribution >= 4 is 5.78 Å². The largest absolute Gasteiger partial charge is 1.00 e. The minimum absolute atomic E-state index is 0. The van der Waals surface area contributed by atoms with Crippen LogP contribution in [0, 0.1) is 17.8 Å². The standard InChI is InChI=1S/C17H27N2O.HI/c1-18-14-8-6-5-7-13(14)16-15(18)10-9-12(17(16)20)11-19(2,3)4;/h5-6,8,12-13,15-16H,7,9-11H2,1-4H3;1H/q+1;/p-1. The summed E-state index contributed by atoms with van der Waals surface area (Å²) in [6, 6.07) is 0.447. The Morgan fingerprint density at radius 1 is 1.29 bits per heavy atom. The molecule has 2 fully saturated rings. The van der Waals surface area contributed by atoms with Crippen molar-refractivity contribution in [2.45, 2.75) is 25.3 Å². The lowest BCUT2D eigenvalue weighted by molar-refractivity contribution is -0.872. The van der Waals surface area contributed by atoms with E-state index in [1.165, 1.54) is 12.1 Å². The van der Waals surface area contributed by atoms with Crippen molar-refractivity contribution in [1.82, 2.24) is 4.90 Å². The van der Waals surface area contributed by atoms with Crippen molar-refractivity contribution in [2.75, 3.05) is 34.7 Å². The number of carbonyl (C=O) groups excluding carboxylic acids is 1. The van der Waals surface area contributed by atoms with Gasteiger partial charge in [0.25, 0.3) is 0 Å². The third-order valence-electron chi connectivity index (χ3n) is 5.24. The molecular formula is C17H27IN2O. The highest BCUT2D eigenvalue weighted by Crippen LogP contribution is 2.47. The van der Waals surface area contributed by atoms with E-state index in [4.69, 9.17) is 0 Å². The van der Waals surface area contributed by atoms with Crippen LogP contribution in [0.3, 0.4) is 0 Å². The van der Waals surface area contributed by atoms with Crippen LogP contribution in [-0.4, -0.2) is 55.9 Å². The van der Waals surface area contributed by atoms with E-state index >= 15 is 0 Å². The third kappa shape index (κ3) is 3.07. The molecule has 3 aliphatic rings. The smallest absolute Gasteiger partial charge is 0.147 e. The highest BCUT2D eigenvalue weighted by molar-refractivity contribution is 5.86. The number of allylic oxidation sites excluding steroid dienone is 4. The molecule has 21 heavy (non-hydrogen) atoms. The first kappa shape index (κ1) is 17.0. The van der Waals surface area contributed by atoms with Gasteiger partial charge in [-0.3, -0.25) is 4.79 Å². The van der Waals surface area contributed by atoms with Crippen LogP contribution in [0.1, 0.15) is 19.3 Å². The minimum atomic E-state index is 0. The maximum Gasteiger partial charge on any atom is 0.147 e. The van der Waals surface area contributed by atoms with Gasteiger partial charge in [-0.25, -0.2) is 0 Å². The maximum atomic E-state index is 13.0. The third-order valence-corrected chi connectivity index (χ3v) is 5.24. The van der Waals surface area contributed by atoms with Crippen molar-refractivity contribution in [3.8, 4) is 0 Å². The number of Topliss-reactive ketones (excluding diaryl/α,β-unsaturated/α-hetero) is 1. The Labute approximate surface area is 145 Å². The Hall–Kier alpha value is -0.360. The molecule has 4 atom stereocenters. The van der Waals surface area contributed by atoms with Gasteiger partial charge >= 0.3 is 0 Å². The molecule has 3 rings (SSSR count). The summed E-state index contributed by atoms with van der Waals surface area (Å²) in [7, 11) is 8.74. The van der Waals surface area contributed by atoms with E-state index in [0.29, 0.717) is 17.7 Å². The lowest BCUT2D eigenvalue weighted by atomic mass is 9.71. The summed E-state index contributed by atoms with van der Waals surface area (Å²) in [4.78, 5) is 15.4. The summed E-state index contributed by atoms with van der Waals surface area (Å²) >= 11 is 0. The zero-order valence-corrected chi connectivity index (χ0v) is 15.7. The Balaban J connectivity index is 0.00000161. The first-order valence-electron chi connectivity index (χ1n) is 7.82. The Morgan fingerprint density at radius 2 is 2.00 bits per heavy atom. The Morgan fingerprint density at radius 3 is 2.67 bits per heavy atom. The van der Waals surface area contributed by atoms with Gasteiger partial charge in [0.2, 0.25) is 0 Å². The Kier molecular flexibility index (Phi) is 4.88. The number of rotatable bonds is 2. The van der Waals surface area contributed by atoms with Crippen molar-refractivity contribution in [2.24, 2.45) is 17.8 Å². The molecule has 1 aliphatic heterocycles. The van der Waals surface area contributed by atoms with Gasteiger partial charge in [-0.2, -0.15) is 0 Å². The summed E-state index contributed by atoms with van der Waals surface area (Å²) in [5, 5.41) is 0. The molecule has 0 bridgehead atoms. The minimum Gasteiger partial charge on any atom is -1.00 e. The van der Waals surface area contributed by atoms with Crippen LogP contribution in [0.15, 0.2) is 23.9 Å². The fourth-order valence-electron chi connectivity index (χ4n) is 4.44. The predicted molar refractivity (Wildman–Crippen MR) is 81.0 cm³/mol. The fourth-order valence-corrected chi connectivity index (χ4v) is 4.44. The number of carbonyl (C=O) groups is 1. The van der Waals surface area contributed by atoms with Crippen LogP contribution in [0.25, 0.3) is 0 Å². The summed E-state index contributed by atoms with van der Waals surface area (Å²) < 4.78 is 0.886. The van der Waals surface area contributed by atoms with Crippen LogP contribution in [0.2, 0.25) is 0 Å². The number of halogens is 1. The van der Waals surface area contributed by atoms with Crippen LogP contribution in [-0.2, 0) is 4.79 Å². The van der Waals surface area contributed by atoms with E-state index < -0.39 is 0 Å². The zero-order valence-electron chi connectivity index (χ0n) is 13.6. The molecule has 0 amide bonds. The molecule has 0 aromatic heterocycles. The van der Waals surface area contributed by atoms with Crippen LogP contribution in [0.4, 0.5) is 0 Å². The van der Waals surface area contributed by atoms with Crippen molar-refractivity contribution in [1.29, 1.82) is 0 Å². The number of hydrogen-bond acceptors (Lipinski definition) is 2. The normalized spacial score (nSPS) is 35.0. The van der Waals surface area contributed by atoms with Gasteiger partial charge in [-0.05, 0) is 25.3 Å². The second-order valence-electron chi connectivity index (χ2n) is 7.72. The van der Waals surface area contributed by atoms with E-state index in [-0.39, 0.29) is 35.8 Å². The summed E-state index contributed by atoms with van der Waals surface area (Å²) in [5.74, 6) is 1.47. The number of quaternary nitrogens is 1. The molecule has 1 saturated carbocycles. The fraction of sp³-hybridized carbons (Fsp3) is 0.706. The summed E-state index contributed by atoms with van der Waals surface area (Å²) in [6.45, 7) is 0.980. The molecule has 118 valence electrons. The lowest BCUT2D eigenvalue weighted by Crippen LogP contribution is -3.00. The highest BCUT2D eigenvalue weighted by atomic mass is 127. The molecule has 4 unspecified atom stereocenters. The molecular weight excluding hydrogens is 375 g/mol. The topological polar surface area (TPSA) is 20.3 Å². The molecule has 4 heteroatoms. The van der Waals surface area contributed by atoms with Gasteiger partial charge in [0, 0.05) is 30.6 Å². The molecule has 2 aliphatic carbocycles. The number of nitrogens with zero attached hydrogens (tertiary/aromatic N) is 2. The van der Waals surface area contributed by atoms with Crippen molar-refractivity contribution in [3.05, 3.63) is 23.9 Å². The van der Waals surface area contributed by atoms with E-state index in [1.807, 2.05) is 0 Å². The molecule has 0 aromatic carbocycles. The molecule has 0 radical (unpaired) electrons. The second-order valence-corrected chi connectivity index (χ2v) is 7.72. The lowest BCUT2D eigenvalue weighted by Gasteiger charge is -2.37. The van der Waals surface area contributed by atoms with Gasteiger partial charge in [0.1, 0.15) is 5.78 Å². The SMILES string of the molecule is CN1C2=CC=CCC2C2C(=O)C(C[N+](C)(C)C)CCC21.[I-]. The highest BCUT2D eigenvalue weighted by Gasteiger charge is 2.51. The number of fused-ring (bicyclic) bond motifs is 3.